The number of hydrogen-bond acceptors (Lipinski definition) is 4. The van der Waals surface area contributed by atoms with Crippen molar-refractivity contribution in [1.82, 2.24) is 0 Å². The van der Waals surface area contributed by atoms with Gasteiger partial charge in [0.15, 0.2) is 5.78 Å². The van der Waals surface area contributed by atoms with Crippen LogP contribution >= 0.6 is 0 Å². The summed E-state index contributed by atoms with van der Waals surface area (Å²) in [5.74, 6) is 1.52. The molecule has 0 spiro atoms. The van der Waals surface area contributed by atoms with Gasteiger partial charge < -0.3 is 4.74 Å². The Morgan fingerprint density at radius 1 is 1.15 bits per heavy atom. The van der Waals surface area contributed by atoms with Gasteiger partial charge in [0.25, 0.3) is 0 Å². The summed E-state index contributed by atoms with van der Waals surface area (Å²) in [5, 5.41) is 9.96. The van der Waals surface area contributed by atoms with Crippen LogP contribution in [-0.2, 0) is 14.3 Å². The maximum Gasteiger partial charge on any atom is 0.304 e. The van der Waals surface area contributed by atoms with Crippen LogP contribution in [0.3, 0.4) is 0 Å². The molecule has 0 amide bonds. The zero-order valence-corrected chi connectivity index (χ0v) is 16.1. The number of ether oxygens (including phenoxy) is 1. The molecular formula is C22H29NO3. The van der Waals surface area contributed by atoms with Gasteiger partial charge in [0, 0.05) is 25.2 Å². The fraction of sp³-hybridized carbons (Fsp3) is 0.773. The van der Waals surface area contributed by atoms with Crippen molar-refractivity contribution in [3.8, 4) is 6.07 Å². The van der Waals surface area contributed by atoms with Crippen LogP contribution in [0.15, 0.2) is 11.6 Å². The second-order valence-electron chi connectivity index (χ2n) is 9.50. The number of esters is 1. The fourth-order valence-corrected chi connectivity index (χ4v) is 7.18. The summed E-state index contributed by atoms with van der Waals surface area (Å²) in [7, 11) is 0. The Bertz CT molecular complexity index is 734. The molecule has 0 heterocycles. The first kappa shape index (κ1) is 17.8. The highest BCUT2D eigenvalue weighted by molar-refractivity contribution is 5.91. The van der Waals surface area contributed by atoms with E-state index in [1.165, 1.54) is 12.5 Å². The van der Waals surface area contributed by atoms with Crippen LogP contribution in [0.25, 0.3) is 0 Å². The molecule has 0 bridgehead atoms. The number of nitriles is 1. The molecule has 4 aliphatic rings. The molecule has 4 rings (SSSR count). The SMILES string of the molecule is CC(=O)O[C@@]1(C#N)CC[C@@H]2[C@@H]3CCC4=CC(=O)CC[C@]4(C)[C@H]3CC[C@@]21C. The number of carbonyl (C=O) groups excluding carboxylic acids is 2. The van der Waals surface area contributed by atoms with Gasteiger partial charge in [-0.3, -0.25) is 9.59 Å². The van der Waals surface area contributed by atoms with E-state index in [0.717, 1.165) is 38.5 Å². The van der Waals surface area contributed by atoms with Gasteiger partial charge >= 0.3 is 5.97 Å². The number of allylic oxidation sites excluding steroid dienone is 1. The lowest BCUT2D eigenvalue weighted by atomic mass is 9.46. The van der Waals surface area contributed by atoms with E-state index in [9.17, 15) is 14.9 Å². The highest BCUT2D eigenvalue weighted by Gasteiger charge is 2.66. The van der Waals surface area contributed by atoms with Crippen molar-refractivity contribution in [2.75, 3.05) is 0 Å². The van der Waals surface area contributed by atoms with Crippen molar-refractivity contribution in [1.29, 1.82) is 5.26 Å². The fourth-order valence-electron chi connectivity index (χ4n) is 7.18. The summed E-state index contributed by atoms with van der Waals surface area (Å²) in [4.78, 5) is 23.6. The second-order valence-corrected chi connectivity index (χ2v) is 9.50. The van der Waals surface area contributed by atoms with E-state index in [1.807, 2.05) is 6.08 Å². The van der Waals surface area contributed by atoms with Crippen LogP contribution in [-0.4, -0.2) is 17.4 Å². The Morgan fingerprint density at radius 3 is 2.58 bits per heavy atom. The number of nitrogens with zero attached hydrogens (tertiary/aromatic N) is 1. The third-order valence-corrected chi connectivity index (χ3v) is 8.58. The van der Waals surface area contributed by atoms with Gasteiger partial charge in [0.2, 0.25) is 5.60 Å². The second kappa shape index (κ2) is 5.68. The molecule has 0 aromatic carbocycles. The highest BCUT2D eigenvalue weighted by atomic mass is 16.6. The van der Waals surface area contributed by atoms with Crippen LogP contribution < -0.4 is 0 Å². The first-order valence-corrected chi connectivity index (χ1v) is 10.1. The summed E-state index contributed by atoms with van der Waals surface area (Å²) in [5.41, 5.74) is 0.283. The molecule has 0 unspecified atom stereocenters. The van der Waals surface area contributed by atoms with Crippen LogP contribution in [0.2, 0.25) is 0 Å². The van der Waals surface area contributed by atoms with Gasteiger partial charge in [0.1, 0.15) is 6.07 Å². The quantitative estimate of drug-likeness (QED) is 0.656. The average Bonchev–Trinajstić information content (AvgIpc) is 2.88. The maximum absolute atomic E-state index is 11.9. The molecule has 0 aliphatic heterocycles. The molecule has 0 N–H and O–H groups in total. The third-order valence-electron chi connectivity index (χ3n) is 8.58. The predicted molar refractivity (Wildman–Crippen MR) is 96.8 cm³/mol. The molecule has 0 aromatic heterocycles. The lowest BCUT2D eigenvalue weighted by Gasteiger charge is -2.58. The van der Waals surface area contributed by atoms with E-state index in [1.54, 1.807) is 0 Å². The molecule has 3 fully saturated rings. The minimum absolute atomic E-state index is 0.136. The summed E-state index contributed by atoms with van der Waals surface area (Å²) in [6.07, 6.45) is 9.28. The minimum Gasteiger partial charge on any atom is -0.443 e. The minimum atomic E-state index is -0.964. The normalized spacial score (nSPS) is 47.1. The number of fused-ring (bicyclic) bond motifs is 5. The van der Waals surface area contributed by atoms with E-state index < -0.39 is 5.60 Å². The summed E-state index contributed by atoms with van der Waals surface area (Å²) in [6.45, 7) is 5.97. The van der Waals surface area contributed by atoms with E-state index in [-0.39, 0.29) is 22.6 Å². The van der Waals surface area contributed by atoms with Crippen molar-refractivity contribution in [2.24, 2.45) is 28.6 Å². The van der Waals surface area contributed by atoms with Crippen molar-refractivity contribution >= 4 is 11.8 Å². The molecule has 4 nitrogen and oxygen atoms in total. The van der Waals surface area contributed by atoms with Crippen molar-refractivity contribution in [3.63, 3.8) is 0 Å². The van der Waals surface area contributed by atoms with Gasteiger partial charge in [-0.05, 0) is 67.8 Å². The number of ketones is 1. The standard InChI is InChI=1S/C22H29NO3/c1-14(24)26-22(13-23)11-8-19-17-5-4-15-12-16(25)6-9-20(15,2)18(17)7-10-21(19,22)3/h12,17-19H,4-11H2,1-3H3/t17-,18+,19-,20+,21+,22-/m1/s1. The summed E-state index contributed by atoms with van der Waals surface area (Å²) in [6, 6.07) is 2.42. The maximum atomic E-state index is 11.9. The Labute approximate surface area is 156 Å². The lowest BCUT2D eigenvalue weighted by molar-refractivity contribution is -0.169. The predicted octanol–water partition coefficient (Wildman–Crippen LogP) is 4.34. The zero-order valence-electron chi connectivity index (χ0n) is 16.1. The number of rotatable bonds is 1. The van der Waals surface area contributed by atoms with E-state index in [4.69, 9.17) is 4.74 Å². The largest absolute Gasteiger partial charge is 0.443 e. The average molecular weight is 355 g/mol. The van der Waals surface area contributed by atoms with Crippen molar-refractivity contribution in [3.05, 3.63) is 11.6 Å². The summed E-state index contributed by atoms with van der Waals surface area (Å²) < 4.78 is 5.69. The van der Waals surface area contributed by atoms with Crippen molar-refractivity contribution < 1.29 is 14.3 Å². The molecule has 4 heteroatoms. The molecule has 0 aromatic rings. The summed E-state index contributed by atoms with van der Waals surface area (Å²) >= 11 is 0. The van der Waals surface area contributed by atoms with Crippen LogP contribution in [0.1, 0.15) is 72.1 Å². The smallest absolute Gasteiger partial charge is 0.304 e. The van der Waals surface area contributed by atoms with Crippen LogP contribution in [0, 0.1) is 39.9 Å². The van der Waals surface area contributed by atoms with Gasteiger partial charge in [-0.25, -0.2) is 0 Å². The third kappa shape index (κ3) is 2.19. The number of hydrogen-bond donors (Lipinski definition) is 0. The van der Waals surface area contributed by atoms with Crippen LogP contribution in [0.5, 0.6) is 0 Å². The van der Waals surface area contributed by atoms with E-state index in [0.29, 0.717) is 30.6 Å². The molecule has 0 radical (unpaired) electrons. The first-order chi connectivity index (χ1) is 12.3. The molecular weight excluding hydrogens is 326 g/mol. The zero-order chi connectivity index (χ0) is 18.7. The molecule has 26 heavy (non-hydrogen) atoms. The Morgan fingerprint density at radius 2 is 1.88 bits per heavy atom. The van der Waals surface area contributed by atoms with Gasteiger partial charge in [-0.2, -0.15) is 5.26 Å². The van der Waals surface area contributed by atoms with Gasteiger partial charge in [0.05, 0.1) is 0 Å². The molecule has 4 aliphatic carbocycles. The Hall–Kier alpha value is -1.63. The molecule has 3 saturated carbocycles. The monoisotopic (exact) mass is 355 g/mol. The Kier molecular flexibility index (Phi) is 3.88. The van der Waals surface area contributed by atoms with E-state index >= 15 is 0 Å². The molecule has 140 valence electrons. The molecule has 6 atom stereocenters. The number of carbonyl (C=O) groups is 2. The Balaban J connectivity index is 1.69. The van der Waals surface area contributed by atoms with Gasteiger partial charge in [-0.15, -0.1) is 0 Å². The van der Waals surface area contributed by atoms with E-state index in [2.05, 4.69) is 19.9 Å². The first-order valence-electron chi connectivity index (χ1n) is 10.1. The van der Waals surface area contributed by atoms with Crippen molar-refractivity contribution in [2.45, 2.75) is 77.7 Å². The van der Waals surface area contributed by atoms with Crippen LogP contribution in [0.4, 0.5) is 0 Å². The topological polar surface area (TPSA) is 67.2 Å². The van der Waals surface area contributed by atoms with Gasteiger partial charge in [-0.1, -0.05) is 19.4 Å². The highest BCUT2D eigenvalue weighted by Crippen LogP contribution is 2.68. The lowest BCUT2D eigenvalue weighted by Crippen LogP contribution is -2.55. The molecule has 0 saturated heterocycles.